The van der Waals surface area contributed by atoms with Crippen molar-refractivity contribution in [3.05, 3.63) is 11.6 Å². The second-order valence-corrected chi connectivity index (χ2v) is 4.35. The Morgan fingerprint density at radius 1 is 1.25 bits per heavy atom. The van der Waals surface area contributed by atoms with E-state index in [-0.39, 0.29) is 29.7 Å². The van der Waals surface area contributed by atoms with E-state index in [9.17, 15) is 9.59 Å². The van der Waals surface area contributed by atoms with Gasteiger partial charge in [0, 0.05) is 0 Å². The maximum atomic E-state index is 11.7. The van der Waals surface area contributed by atoms with Crippen LogP contribution in [0.15, 0.2) is 11.6 Å². The molecule has 3 atom stereocenters. The number of carbonyl (C=O) groups excluding carboxylic acids is 2. The lowest BCUT2D eigenvalue weighted by atomic mass is 9.88. The third-order valence-corrected chi connectivity index (χ3v) is 3.66. The molecule has 0 N–H and O–H groups in total. The van der Waals surface area contributed by atoms with Crippen LogP contribution in [-0.2, 0) is 19.1 Å². The molecule has 2 aliphatic rings. The van der Waals surface area contributed by atoms with Crippen molar-refractivity contribution in [2.75, 3.05) is 14.2 Å². The number of ether oxygens (including phenoxy) is 2. The lowest BCUT2D eigenvalue weighted by Gasteiger charge is -2.19. The van der Waals surface area contributed by atoms with Crippen molar-refractivity contribution in [3.8, 4) is 0 Å². The molecule has 88 valence electrons. The number of fused-ring (bicyclic) bond motifs is 1. The van der Waals surface area contributed by atoms with Crippen molar-refractivity contribution in [2.45, 2.75) is 19.3 Å². The Hall–Kier alpha value is -1.32. The summed E-state index contributed by atoms with van der Waals surface area (Å²) in [4.78, 5) is 23.3. The Labute approximate surface area is 94.6 Å². The van der Waals surface area contributed by atoms with Crippen molar-refractivity contribution in [1.82, 2.24) is 0 Å². The predicted molar refractivity (Wildman–Crippen MR) is 56.4 cm³/mol. The van der Waals surface area contributed by atoms with E-state index in [0.29, 0.717) is 6.42 Å². The second-order valence-electron chi connectivity index (χ2n) is 4.35. The Morgan fingerprint density at radius 3 is 2.56 bits per heavy atom. The zero-order valence-electron chi connectivity index (χ0n) is 9.56. The lowest BCUT2D eigenvalue weighted by Crippen LogP contribution is -2.31. The minimum absolute atomic E-state index is 0.191. The van der Waals surface area contributed by atoms with Crippen molar-refractivity contribution < 1.29 is 19.1 Å². The highest BCUT2D eigenvalue weighted by Crippen LogP contribution is 2.48. The van der Waals surface area contributed by atoms with E-state index >= 15 is 0 Å². The van der Waals surface area contributed by atoms with Gasteiger partial charge in [0.05, 0.1) is 26.1 Å². The van der Waals surface area contributed by atoms with Gasteiger partial charge in [0.2, 0.25) is 0 Å². The minimum atomic E-state index is -0.353. The zero-order valence-corrected chi connectivity index (χ0v) is 9.56. The molecular weight excluding hydrogens is 208 g/mol. The highest BCUT2D eigenvalue weighted by Gasteiger charge is 2.49. The van der Waals surface area contributed by atoms with E-state index in [0.717, 1.165) is 12.8 Å². The molecular formula is C12H16O4. The van der Waals surface area contributed by atoms with Gasteiger partial charge in [0.1, 0.15) is 0 Å². The molecule has 2 rings (SSSR count). The molecule has 0 bridgehead atoms. The number of hydrogen-bond donors (Lipinski definition) is 0. The normalized spacial score (nSPS) is 31.9. The van der Waals surface area contributed by atoms with Crippen LogP contribution < -0.4 is 0 Å². The van der Waals surface area contributed by atoms with Crippen LogP contribution in [0.4, 0.5) is 0 Å². The molecule has 1 saturated carbocycles. The summed E-state index contributed by atoms with van der Waals surface area (Å²) in [6.45, 7) is 0. The van der Waals surface area contributed by atoms with Gasteiger partial charge in [-0.2, -0.15) is 0 Å². The molecule has 0 saturated heterocycles. The standard InChI is InChI=1S/C12H16O4/c1-15-11(13)9-6-7-4-3-5-8(7)10(9)12(14)16-2/h4,8-10H,3,5-6H2,1-2H3/t8-,9-,10-/m1/s1. The number of hydrogen-bond acceptors (Lipinski definition) is 4. The molecule has 0 aromatic heterocycles. The van der Waals surface area contributed by atoms with Gasteiger partial charge < -0.3 is 9.47 Å². The molecule has 0 amide bonds. The van der Waals surface area contributed by atoms with Crippen molar-refractivity contribution in [2.24, 2.45) is 17.8 Å². The van der Waals surface area contributed by atoms with E-state index in [1.165, 1.54) is 19.8 Å². The van der Waals surface area contributed by atoms with E-state index in [4.69, 9.17) is 9.47 Å². The lowest BCUT2D eigenvalue weighted by molar-refractivity contribution is -0.157. The van der Waals surface area contributed by atoms with E-state index < -0.39 is 0 Å². The number of rotatable bonds is 2. The average molecular weight is 224 g/mol. The van der Waals surface area contributed by atoms with E-state index in [2.05, 4.69) is 6.08 Å². The number of methoxy groups -OCH3 is 2. The van der Waals surface area contributed by atoms with Gasteiger partial charge in [0.25, 0.3) is 0 Å². The van der Waals surface area contributed by atoms with Gasteiger partial charge >= 0.3 is 11.9 Å². The molecule has 2 aliphatic carbocycles. The summed E-state index contributed by atoms with van der Waals surface area (Å²) < 4.78 is 9.54. The molecule has 4 heteroatoms. The molecule has 16 heavy (non-hydrogen) atoms. The third-order valence-electron chi connectivity index (χ3n) is 3.66. The van der Waals surface area contributed by atoms with Crippen LogP contribution in [0.2, 0.25) is 0 Å². The molecule has 1 fully saturated rings. The second kappa shape index (κ2) is 4.28. The van der Waals surface area contributed by atoms with Gasteiger partial charge in [0.15, 0.2) is 0 Å². The first-order chi connectivity index (χ1) is 7.69. The van der Waals surface area contributed by atoms with Crippen LogP contribution >= 0.6 is 0 Å². The van der Waals surface area contributed by atoms with Crippen LogP contribution in [0.25, 0.3) is 0 Å². The van der Waals surface area contributed by atoms with Crippen molar-refractivity contribution in [1.29, 1.82) is 0 Å². The molecule has 0 aliphatic heterocycles. The first-order valence-corrected chi connectivity index (χ1v) is 5.53. The van der Waals surface area contributed by atoms with Crippen molar-refractivity contribution in [3.63, 3.8) is 0 Å². The van der Waals surface area contributed by atoms with Crippen LogP contribution in [0.5, 0.6) is 0 Å². The smallest absolute Gasteiger partial charge is 0.310 e. The molecule has 0 aromatic rings. The van der Waals surface area contributed by atoms with Crippen LogP contribution in [0.3, 0.4) is 0 Å². The summed E-state index contributed by atoms with van der Waals surface area (Å²) in [5, 5.41) is 0. The zero-order chi connectivity index (χ0) is 11.7. The first kappa shape index (κ1) is 11.2. The third kappa shape index (κ3) is 1.62. The fourth-order valence-electron chi connectivity index (χ4n) is 2.94. The van der Waals surface area contributed by atoms with Crippen molar-refractivity contribution >= 4 is 11.9 Å². The Morgan fingerprint density at radius 2 is 1.94 bits per heavy atom. The SMILES string of the molecule is COC(=O)[C@@H]1[C@@H]2CCC=C2C[C@H]1C(=O)OC. The Bertz CT molecular complexity index is 345. The van der Waals surface area contributed by atoms with E-state index in [1.54, 1.807) is 0 Å². The summed E-state index contributed by atoms with van der Waals surface area (Å²) in [5.41, 5.74) is 1.23. The largest absolute Gasteiger partial charge is 0.469 e. The number of allylic oxidation sites excluding steroid dienone is 2. The Kier molecular flexibility index (Phi) is 2.99. The summed E-state index contributed by atoms with van der Waals surface area (Å²) >= 11 is 0. The quantitative estimate of drug-likeness (QED) is 0.524. The monoisotopic (exact) mass is 224 g/mol. The minimum Gasteiger partial charge on any atom is -0.469 e. The summed E-state index contributed by atoms with van der Waals surface area (Å²) in [6, 6.07) is 0. The summed E-state index contributed by atoms with van der Waals surface area (Å²) in [5.74, 6) is -1.09. The van der Waals surface area contributed by atoms with Crippen LogP contribution in [0, 0.1) is 17.8 Å². The van der Waals surface area contributed by atoms with Gasteiger partial charge in [-0.05, 0) is 25.2 Å². The topological polar surface area (TPSA) is 52.6 Å². The predicted octanol–water partition coefficient (Wildman–Crippen LogP) is 1.30. The van der Waals surface area contributed by atoms with Crippen LogP contribution in [-0.4, -0.2) is 26.2 Å². The first-order valence-electron chi connectivity index (χ1n) is 5.53. The van der Waals surface area contributed by atoms with E-state index in [1.807, 2.05) is 0 Å². The van der Waals surface area contributed by atoms with Gasteiger partial charge in [-0.15, -0.1) is 0 Å². The fourth-order valence-corrected chi connectivity index (χ4v) is 2.94. The Balaban J connectivity index is 2.24. The number of carbonyl (C=O) groups is 2. The van der Waals surface area contributed by atoms with Gasteiger partial charge in [-0.25, -0.2) is 0 Å². The highest BCUT2D eigenvalue weighted by atomic mass is 16.5. The van der Waals surface area contributed by atoms with Gasteiger partial charge in [-0.1, -0.05) is 11.6 Å². The average Bonchev–Trinajstić information content (AvgIpc) is 2.86. The highest BCUT2D eigenvalue weighted by molar-refractivity contribution is 5.84. The molecule has 0 radical (unpaired) electrons. The molecule has 4 nitrogen and oxygen atoms in total. The summed E-state index contributed by atoms with van der Waals surface area (Å²) in [7, 11) is 2.73. The molecule has 0 spiro atoms. The maximum absolute atomic E-state index is 11.7. The summed E-state index contributed by atoms with van der Waals surface area (Å²) in [6.07, 6.45) is 4.74. The molecule has 0 aromatic carbocycles. The molecule has 0 unspecified atom stereocenters. The van der Waals surface area contributed by atoms with Crippen LogP contribution in [0.1, 0.15) is 19.3 Å². The maximum Gasteiger partial charge on any atom is 0.310 e. The number of esters is 2. The van der Waals surface area contributed by atoms with Gasteiger partial charge in [-0.3, -0.25) is 9.59 Å². The fraction of sp³-hybridized carbons (Fsp3) is 0.667. The molecule has 0 heterocycles.